The Balaban J connectivity index is 2.09. The lowest BCUT2D eigenvalue weighted by molar-refractivity contribution is 0.134. The van der Waals surface area contributed by atoms with E-state index in [1.807, 2.05) is 19.1 Å². The average molecular weight is 312 g/mol. The van der Waals surface area contributed by atoms with Crippen LogP contribution in [0.3, 0.4) is 0 Å². The number of rotatable bonds is 3. The van der Waals surface area contributed by atoms with Gasteiger partial charge in [-0.25, -0.2) is 0 Å². The van der Waals surface area contributed by atoms with Crippen LogP contribution in [0.25, 0.3) is 0 Å². The lowest BCUT2D eigenvalue weighted by atomic mass is 9.89. The lowest BCUT2D eigenvalue weighted by Gasteiger charge is -2.28. The summed E-state index contributed by atoms with van der Waals surface area (Å²) in [5.74, 6) is 1.80. The van der Waals surface area contributed by atoms with Crippen molar-refractivity contribution < 1.29 is 4.74 Å². The van der Waals surface area contributed by atoms with Crippen molar-refractivity contribution in [3.8, 4) is 5.75 Å². The maximum absolute atomic E-state index is 6.15. The summed E-state index contributed by atoms with van der Waals surface area (Å²) in [6.45, 7) is 4.32. The van der Waals surface area contributed by atoms with Crippen molar-refractivity contribution in [3.05, 3.63) is 28.2 Å². The van der Waals surface area contributed by atoms with Crippen LogP contribution in [0, 0.1) is 5.92 Å². The van der Waals surface area contributed by atoms with Gasteiger partial charge in [-0.1, -0.05) is 22.9 Å². The van der Waals surface area contributed by atoms with Crippen LogP contribution < -0.4 is 10.5 Å². The van der Waals surface area contributed by atoms with E-state index in [-0.39, 0.29) is 6.04 Å². The second kappa shape index (κ2) is 6.07. The van der Waals surface area contributed by atoms with Crippen LogP contribution in [0.1, 0.15) is 51.1 Å². The molecule has 1 saturated carbocycles. The molecule has 2 nitrogen and oxygen atoms in total. The minimum atomic E-state index is 0.0000131. The van der Waals surface area contributed by atoms with E-state index >= 15 is 0 Å². The van der Waals surface area contributed by atoms with Crippen molar-refractivity contribution in [2.75, 3.05) is 0 Å². The van der Waals surface area contributed by atoms with Crippen molar-refractivity contribution >= 4 is 15.9 Å². The van der Waals surface area contributed by atoms with Gasteiger partial charge in [0.15, 0.2) is 0 Å². The SMILES string of the molecule is CC1CCC(Oc2ccc(Br)cc2[C@H](C)N)CC1. The lowest BCUT2D eigenvalue weighted by Crippen LogP contribution is -2.24. The van der Waals surface area contributed by atoms with Gasteiger partial charge in [-0.05, 0) is 56.7 Å². The summed E-state index contributed by atoms with van der Waals surface area (Å²) in [5, 5.41) is 0. The smallest absolute Gasteiger partial charge is 0.124 e. The number of ether oxygens (including phenoxy) is 1. The molecule has 18 heavy (non-hydrogen) atoms. The molecule has 0 amide bonds. The van der Waals surface area contributed by atoms with E-state index in [2.05, 4.69) is 28.9 Å². The molecule has 1 aliphatic carbocycles. The molecule has 0 unspecified atom stereocenters. The molecule has 0 saturated heterocycles. The van der Waals surface area contributed by atoms with Crippen molar-refractivity contribution in [1.82, 2.24) is 0 Å². The number of nitrogens with two attached hydrogens (primary N) is 1. The molecule has 1 aromatic rings. The molecule has 1 aliphatic rings. The molecule has 0 radical (unpaired) electrons. The summed E-state index contributed by atoms with van der Waals surface area (Å²) in [4.78, 5) is 0. The first kappa shape index (κ1) is 13.9. The third-order valence-electron chi connectivity index (χ3n) is 3.72. The number of halogens is 1. The fraction of sp³-hybridized carbons (Fsp3) is 0.600. The fourth-order valence-corrected chi connectivity index (χ4v) is 2.89. The first-order valence-electron chi connectivity index (χ1n) is 6.78. The van der Waals surface area contributed by atoms with Gasteiger partial charge in [-0.3, -0.25) is 0 Å². The van der Waals surface area contributed by atoms with E-state index in [1.165, 1.54) is 12.8 Å². The van der Waals surface area contributed by atoms with Crippen LogP contribution >= 0.6 is 15.9 Å². The van der Waals surface area contributed by atoms with Gasteiger partial charge in [0.1, 0.15) is 5.75 Å². The van der Waals surface area contributed by atoms with Crippen LogP contribution in [-0.4, -0.2) is 6.10 Å². The molecular weight excluding hydrogens is 290 g/mol. The molecule has 0 spiro atoms. The Bertz CT molecular complexity index is 397. The van der Waals surface area contributed by atoms with E-state index in [9.17, 15) is 0 Å². The third-order valence-corrected chi connectivity index (χ3v) is 4.21. The minimum absolute atomic E-state index is 0.0000131. The summed E-state index contributed by atoms with van der Waals surface area (Å²) in [6, 6.07) is 6.11. The summed E-state index contributed by atoms with van der Waals surface area (Å²) in [5.41, 5.74) is 7.10. The standard InChI is InChI=1S/C15H22BrNO/c1-10-3-6-13(7-4-10)18-15-8-5-12(16)9-14(15)11(2)17/h5,8-11,13H,3-4,6-7,17H2,1-2H3/t10?,11-,13?/m0/s1. The number of hydrogen-bond donors (Lipinski definition) is 1. The maximum Gasteiger partial charge on any atom is 0.124 e. The van der Waals surface area contributed by atoms with E-state index in [1.54, 1.807) is 0 Å². The number of hydrogen-bond acceptors (Lipinski definition) is 2. The Morgan fingerprint density at radius 2 is 1.94 bits per heavy atom. The fourth-order valence-electron chi connectivity index (χ4n) is 2.51. The molecule has 1 atom stereocenters. The summed E-state index contributed by atoms with van der Waals surface area (Å²) < 4.78 is 7.21. The Labute approximate surface area is 118 Å². The first-order valence-corrected chi connectivity index (χ1v) is 7.57. The Morgan fingerprint density at radius 3 is 2.56 bits per heavy atom. The third kappa shape index (κ3) is 3.48. The highest BCUT2D eigenvalue weighted by molar-refractivity contribution is 9.10. The zero-order chi connectivity index (χ0) is 13.1. The zero-order valence-electron chi connectivity index (χ0n) is 11.2. The monoisotopic (exact) mass is 311 g/mol. The molecular formula is C15H22BrNO. The Kier molecular flexibility index (Phi) is 4.68. The Morgan fingerprint density at radius 1 is 1.28 bits per heavy atom. The molecule has 0 aliphatic heterocycles. The highest BCUT2D eigenvalue weighted by Gasteiger charge is 2.21. The van der Waals surface area contributed by atoms with Gasteiger partial charge in [0.25, 0.3) is 0 Å². The van der Waals surface area contributed by atoms with Crippen LogP contribution in [0.4, 0.5) is 0 Å². The van der Waals surface area contributed by atoms with Crippen LogP contribution in [0.15, 0.2) is 22.7 Å². The van der Waals surface area contributed by atoms with E-state index < -0.39 is 0 Å². The van der Waals surface area contributed by atoms with Crippen molar-refractivity contribution in [1.29, 1.82) is 0 Å². The van der Waals surface area contributed by atoms with Crippen molar-refractivity contribution in [3.63, 3.8) is 0 Å². The van der Waals surface area contributed by atoms with Gasteiger partial charge in [0.05, 0.1) is 6.10 Å². The molecule has 3 heteroatoms. The summed E-state index contributed by atoms with van der Waals surface area (Å²) in [7, 11) is 0. The van der Waals surface area contributed by atoms with Gasteiger partial charge < -0.3 is 10.5 Å². The average Bonchev–Trinajstić information content (AvgIpc) is 2.34. The van der Waals surface area contributed by atoms with Crippen molar-refractivity contribution in [2.24, 2.45) is 11.7 Å². The highest BCUT2D eigenvalue weighted by Crippen LogP contribution is 2.32. The predicted octanol–water partition coefficient (Wildman–Crippen LogP) is 4.43. The van der Waals surface area contributed by atoms with E-state index in [0.717, 1.165) is 34.5 Å². The summed E-state index contributed by atoms with van der Waals surface area (Å²) >= 11 is 3.49. The normalized spacial score (nSPS) is 25.8. The van der Waals surface area contributed by atoms with Crippen LogP contribution in [0.5, 0.6) is 5.75 Å². The quantitative estimate of drug-likeness (QED) is 0.896. The first-order chi connectivity index (χ1) is 8.56. The molecule has 2 rings (SSSR count). The van der Waals surface area contributed by atoms with E-state index in [0.29, 0.717) is 6.10 Å². The van der Waals surface area contributed by atoms with Gasteiger partial charge in [0, 0.05) is 16.1 Å². The second-order valence-corrected chi connectivity index (χ2v) is 6.39. The second-order valence-electron chi connectivity index (χ2n) is 5.47. The van der Waals surface area contributed by atoms with Gasteiger partial charge in [-0.2, -0.15) is 0 Å². The molecule has 1 aromatic carbocycles. The Hall–Kier alpha value is -0.540. The molecule has 100 valence electrons. The largest absolute Gasteiger partial charge is 0.490 e. The minimum Gasteiger partial charge on any atom is -0.490 e. The van der Waals surface area contributed by atoms with Crippen LogP contribution in [0.2, 0.25) is 0 Å². The highest BCUT2D eigenvalue weighted by atomic mass is 79.9. The topological polar surface area (TPSA) is 35.2 Å². The zero-order valence-corrected chi connectivity index (χ0v) is 12.7. The molecule has 1 fully saturated rings. The number of benzene rings is 1. The summed E-state index contributed by atoms with van der Waals surface area (Å²) in [6.07, 6.45) is 5.23. The predicted molar refractivity (Wildman–Crippen MR) is 78.8 cm³/mol. The van der Waals surface area contributed by atoms with Gasteiger partial charge in [-0.15, -0.1) is 0 Å². The molecule has 0 aromatic heterocycles. The molecule has 0 heterocycles. The van der Waals surface area contributed by atoms with E-state index in [4.69, 9.17) is 10.5 Å². The molecule has 0 bridgehead atoms. The van der Waals surface area contributed by atoms with Crippen LogP contribution in [-0.2, 0) is 0 Å². The van der Waals surface area contributed by atoms with Gasteiger partial charge >= 0.3 is 0 Å². The van der Waals surface area contributed by atoms with Crippen molar-refractivity contribution in [2.45, 2.75) is 51.7 Å². The van der Waals surface area contributed by atoms with Gasteiger partial charge in [0.2, 0.25) is 0 Å². The molecule has 2 N–H and O–H groups in total. The maximum atomic E-state index is 6.15.